The maximum atomic E-state index is 13.4. The zero-order chi connectivity index (χ0) is 22.7. The number of esters is 1. The summed E-state index contributed by atoms with van der Waals surface area (Å²) in [6.07, 6.45) is 2.18. The quantitative estimate of drug-likeness (QED) is 0.443. The van der Waals surface area contributed by atoms with E-state index < -0.39 is 17.7 Å². The fraction of sp³-hybridized carbons (Fsp3) is 0.273. The lowest BCUT2D eigenvalue weighted by Gasteiger charge is -2.34. The predicted molar refractivity (Wildman–Crippen MR) is 113 cm³/mol. The first kappa shape index (κ1) is 21.6. The molecule has 1 aliphatic rings. The number of rotatable bonds is 6. The van der Waals surface area contributed by atoms with E-state index in [1.165, 1.54) is 24.4 Å². The van der Waals surface area contributed by atoms with Crippen molar-refractivity contribution in [3.8, 4) is 22.6 Å². The third-order valence-corrected chi connectivity index (χ3v) is 4.93. The molecule has 0 spiro atoms. The van der Waals surface area contributed by atoms with E-state index in [0.29, 0.717) is 28.5 Å². The number of aromatic amines is 1. The molecule has 0 unspecified atom stereocenters. The highest BCUT2D eigenvalue weighted by atomic mass is 19.1. The normalized spacial score (nSPS) is 20.6. The monoisotopic (exact) mass is 439 g/mol. The summed E-state index contributed by atoms with van der Waals surface area (Å²) >= 11 is 0. The van der Waals surface area contributed by atoms with Crippen LogP contribution in [0.15, 0.2) is 49.2 Å². The number of hydrogen-bond donors (Lipinski definition) is 2. The van der Waals surface area contributed by atoms with E-state index in [1.54, 1.807) is 25.1 Å². The number of benzene rings is 1. The van der Waals surface area contributed by atoms with Crippen LogP contribution in [0, 0.1) is 11.2 Å². The number of H-pyrrole nitrogens is 1. The number of ether oxygens (including phenoxy) is 3. The van der Waals surface area contributed by atoms with Crippen molar-refractivity contribution in [1.29, 1.82) is 0 Å². The first-order valence-corrected chi connectivity index (χ1v) is 9.86. The molecule has 166 valence electrons. The van der Waals surface area contributed by atoms with Gasteiger partial charge in [0.1, 0.15) is 17.8 Å². The number of halogens is 1. The van der Waals surface area contributed by atoms with Crippen molar-refractivity contribution in [3.05, 3.63) is 60.8 Å². The molecule has 1 saturated heterocycles. The van der Waals surface area contributed by atoms with Crippen LogP contribution in [0.3, 0.4) is 0 Å². The largest absolute Gasteiger partial charge is 0.461 e. The SMILES string of the molecule is C=CCOC(=O)C1(C)COC(c2nc(-c3ccc(F)cc3)c(-c3ccnc(N)n3)[nH]2)OC1. The summed E-state index contributed by atoms with van der Waals surface area (Å²) in [5, 5.41) is 0. The minimum absolute atomic E-state index is 0.0794. The second-order valence-corrected chi connectivity index (χ2v) is 7.55. The molecular formula is C22H22FN5O4. The summed E-state index contributed by atoms with van der Waals surface area (Å²) in [7, 11) is 0. The smallest absolute Gasteiger partial charge is 0.316 e. The first-order chi connectivity index (χ1) is 15.4. The Labute approximate surface area is 183 Å². The molecule has 3 aromatic rings. The molecule has 2 aromatic heterocycles. The Morgan fingerprint density at radius 2 is 2.03 bits per heavy atom. The van der Waals surface area contributed by atoms with Crippen LogP contribution in [-0.4, -0.2) is 45.7 Å². The van der Waals surface area contributed by atoms with Gasteiger partial charge in [-0.25, -0.2) is 19.3 Å². The van der Waals surface area contributed by atoms with E-state index >= 15 is 0 Å². The van der Waals surface area contributed by atoms with Crippen molar-refractivity contribution >= 4 is 11.9 Å². The predicted octanol–water partition coefficient (Wildman–Crippen LogP) is 3.04. The minimum atomic E-state index is -0.949. The van der Waals surface area contributed by atoms with Crippen LogP contribution in [0.1, 0.15) is 19.0 Å². The Bertz CT molecular complexity index is 1120. The molecule has 0 aliphatic carbocycles. The Kier molecular flexibility index (Phi) is 5.97. The zero-order valence-corrected chi connectivity index (χ0v) is 17.4. The second kappa shape index (κ2) is 8.85. The van der Waals surface area contributed by atoms with Crippen molar-refractivity contribution in [2.24, 2.45) is 5.41 Å². The molecule has 0 amide bonds. The van der Waals surface area contributed by atoms with Gasteiger partial charge in [0.2, 0.25) is 12.2 Å². The van der Waals surface area contributed by atoms with Crippen LogP contribution < -0.4 is 5.73 Å². The molecule has 4 rings (SSSR count). The van der Waals surface area contributed by atoms with Gasteiger partial charge in [0.05, 0.1) is 30.3 Å². The number of anilines is 1. The van der Waals surface area contributed by atoms with Crippen LogP contribution in [0.4, 0.5) is 10.3 Å². The third-order valence-electron chi connectivity index (χ3n) is 4.93. The van der Waals surface area contributed by atoms with Gasteiger partial charge in [-0.05, 0) is 37.3 Å². The summed E-state index contributed by atoms with van der Waals surface area (Å²) in [6, 6.07) is 7.58. The molecule has 0 atom stereocenters. The highest BCUT2D eigenvalue weighted by Gasteiger charge is 2.42. The first-order valence-electron chi connectivity index (χ1n) is 9.86. The number of hydrogen-bond acceptors (Lipinski definition) is 8. The molecule has 1 fully saturated rings. The van der Waals surface area contributed by atoms with E-state index in [-0.39, 0.29) is 31.6 Å². The summed E-state index contributed by atoms with van der Waals surface area (Å²) < 4.78 is 30.2. The average Bonchev–Trinajstić information content (AvgIpc) is 3.24. The molecular weight excluding hydrogens is 417 g/mol. The number of carbonyl (C=O) groups excluding carboxylic acids is 1. The van der Waals surface area contributed by atoms with Crippen molar-refractivity contribution in [2.75, 3.05) is 25.6 Å². The fourth-order valence-electron chi connectivity index (χ4n) is 3.21. The van der Waals surface area contributed by atoms with Crippen molar-refractivity contribution in [1.82, 2.24) is 19.9 Å². The lowest BCUT2D eigenvalue weighted by atomic mass is 9.92. The number of aromatic nitrogens is 4. The number of imidazole rings is 1. The van der Waals surface area contributed by atoms with Gasteiger partial charge in [0.25, 0.3) is 0 Å². The topological polar surface area (TPSA) is 125 Å². The number of nitrogens with zero attached hydrogens (tertiary/aromatic N) is 3. The number of nitrogens with one attached hydrogen (secondary N) is 1. The van der Waals surface area contributed by atoms with E-state index in [4.69, 9.17) is 19.9 Å². The molecule has 10 heteroatoms. The van der Waals surface area contributed by atoms with E-state index in [2.05, 4.69) is 26.5 Å². The van der Waals surface area contributed by atoms with Crippen LogP contribution in [0.25, 0.3) is 22.6 Å². The highest BCUT2D eigenvalue weighted by molar-refractivity contribution is 5.77. The number of carbonyl (C=O) groups is 1. The zero-order valence-electron chi connectivity index (χ0n) is 17.4. The van der Waals surface area contributed by atoms with Gasteiger partial charge < -0.3 is 24.9 Å². The van der Waals surface area contributed by atoms with E-state index in [1.807, 2.05) is 0 Å². The highest BCUT2D eigenvalue weighted by Crippen LogP contribution is 2.35. The van der Waals surface area contributed by atoms with Gasteiger partial charge in [0, 0.05) is 11.8 Å². The van der Waals surface area contributed by atoms with Gasteiger partial charge in [0.15, 0.2) is 5.82 Å². The number of nitrogens with two attached hydrogens (primary N) is 1. The Hall–Kier alpha value is -3.63. The summed E-state index contributed by atoms with van der Waals surface area (Å²) in [6.45, 7) is 5.51. The van der Waals surface area contributed by atoms with Crippen molar-refractivity contribution in [3.63, 3.8) is 0 Å². The molecule has 3 heterocycles. The average molecular weight is 439 g/mol. The fourth-order valence-corrected chi connectivity index (χ4v) is 3.21. The van der Waals surface area contributed by atoms with E-state index in [0.717, 1.165) is 0 Å². The Morgan fingerprint density at radius 1 is 1.31 bits per heavy atom. The van der Waals surface area contributed by atoms with Gasteiger partial charge in [-0.1, -0.05) is 12.7 Å². The van der Waals surface area contributed by atoms with Crippen molar-refractivity contribution in [2.45, 2.75) is 13.2 Å². The Balaban J connectivity index is 1.63. The molecule has 3 N–H and O–H groups in total. The standard InChI is InChI=1S/C22H22FN5O4/c1-3-10-30-20(29)22(2)11-31-19(32-12-22)18-27-16(13-4-6-14(23)7-5-13)17(28-18)15-8-9-25-21(24)26-15/h3-9,19H,1,10-12H2,2H3,(H,27,28)(H2,24,25,26). The van der Waals surface area contributed by atoms with Gasteiger partial charge in [-0.3, -0.25) is 4.79 Å². The van der Waals surface area contributed by atoms with Crippen LogP contribution in [0.5, 0.6) is 0 Å². The molecule has 1 aromatic carbocycles. The molecule has 9 nitrogen and oxygen atoms in total. The molecule has 32 heavy (non-hydrogen) atoms. The lowest BCUT2D eigenvalue weighted by molar-refractivity contribution is -0.238. The minimum Gasteiger partial charge on any atom is -0.461 e. The molecule has 0 saturated carbocycles. The second-order valence-electron chi connectivity index (χ2n) is 7.55. The summed E-state index contributed by atoms with van der Waals surface area (Å²) in [5.74, 6) is -0.320. The molecule has 0 bridgehead atoms. The van der Waals surface area contributed by atoms with Gasteiger partial charge >= 0.3 is 5.97 Å². The number of nitrogen functional groups attached to an aromatic ring is 1. The summed E-state index contributed by atoms with van der Waals surface area (Å²) in [4.78, 5) is 28.3. The van der Waals surface area contributed by atoms with E-state index in [9.17, 15) is 9.18 Å². The van der Waals surface area contributed by atoms with Crippen LogP contribution in [0.2, 0.25) is 0 Å². The Morgan fingerprint density at radius 3 is 2.69 bits per heavy atom. The molecule has 0 radical (unpaired) electrons. The molecule has 1 aliphatic heterocycles. The van der Waals surface area contributed by atoms with Crippen LogP contribution in [-0.2, 0) is 19.0 Å². The van der Waals surface area contributed by atoms with Crippen molar-refractivity contribution < 1.29 is 23.4 Å². The van der Waals surface area contributed by atoms with Crippen LogP contribution >= 0.6 is 0 Å². The third kappa shape index (κ3) is 4.36. The summed E-state index contributed by atoms with van der Waals surface area (Å²) in [5.41, 5.74) is 7.02. The maximum absolute atomic E-state index is 13.4. The maximum Gasteiger partial charge on any atom is 0.316 e. The lowest BCUT2D eigenvalue weighted by Crippen LogP contribution is -2.43. The van der Waals surface area contributed by atoms with Gasteiger partial charge in [-0.15, -0.1) is 0 Å². The van der Waals surface area contributed by atoms with Gasteiger partial charge in [-0.2, -0.15) is 0 Å².